The lowest BCUT2D eigenvalue weighted by Gasteiger charge is -2.23. The number of benzene rings is 3. The van der Waals surface area contributed by atoms with E-state index in [-0.39, 0.29) is 39.5 Å². The zero-order valence-electron chi connectivity index (χ0n) is 18.1. The topological polar surface area (TPSA) is 126 Å². The number of para-hydroxylation sites is 2. The van der Waals surface area contributed by atoms with Crippen molar-refractivity contribution in [3.05, 3.63) is 83.9 Å². The van der Waals surface area contributed by atoms with Crippen LogP contribution in [0.25, 0.3) is 5.69 Å². The predicted octanol–water partition coefficient (Wildman–Crippen LogP) is 5.44. The molecular formula is C23H21ClN6O3S. The van der Waals surface area contributed by atoms with Crippen LogP contribution in [0.2, 0.25) is 5.02 Å². The van der Waals surface area contributed by atoms with Gasteiger partial charge in [0.15, 0.2) is 11.5 Å². The van der Waals surface area contributed by atoms with Gasteiger partial charge in [0.1, 0.15) is 5.69 Å². The van der Waals surface area contributed by atoms with Crippen molar-refractivity contribution in [2.75, 3.05) is 16.6 Å². The summed E-state index contributed by atoms with van der Waals surface area (Å²) in [6, 6.07) is 21.8. The maximum absolute atomic E-state index is 13.3. The maximum Gasteiger partial charge on any atom is 0.264 e. The molecule has 0 spiro atoms. The van der Waals surface area contributed by atoms with Crippen LogP contribution in [0, 0.1) is 0 Å². The molecule has 34 heavy (non-hydrogen) atoms. The van der Waals surface area contributed by atoms with E-state index in [1.807, 2.05) is 12.1 Å². The third-order valence-electron chi connectivity index (χ3n) is 4.96. The van der Waals surface area contributed by atoms with E-state index in [4.69, 9.17) is 17.3 Å². The van der Waals surface area contributed by atoms with Crippen LogP contribution in [0.5, 0.6) is 5.88 Å². The van der Waals surface area contributed by atoms with Crippen molar-refractivity contribution >= 4 is 44.5 Å². The fourth-order valence-electron chi connectivity index (χ4n) is 3.31. The molecule has 0 atom stereocenters. The monoisotopic (exact) mass is 496 g/mol. The van der Waals surface area contributed by atoms with E-state index in [9.17, 15) is 13.5 Å². The van der Waals surface area contributed by atoms with E-state index in [0.717, 1.165) is 0 Å². The number of hydrogen-bond acceptors (Lipinski definition) is 7. The summed E-state index contributed by atoms with van der Waals surface area (Å²) in [5.41, 5.74) is 7.07. The molecule has 0 unspecified atom stereocenters. The third kappa shape index (κ3) is 4.45. The maximum atomic E-state index is 13.3. The van der Waals surface area contributed by atoms with Crippen molar-refractivity contribution in [1.82, 2.24) is 9.78 Å². The molecule has 0 fully saturated rings. The van der Waals surface area contributed by atoms with Gasteiger partial charge in [0.05, 0.1) is 21.3 Å². The van der Waals surface area contributed by atoms with Crippen LogP contribution in [-0.4, -0.2) is 29.8 Å². The number of sulfonamides is 1. The van der Waals surface area contributed by atoms with Crippen molar-refractivity contribution < 1.29 is 13.5 Å². The molecule has 0 radical (unpaired) electrons. The number of anilines is 2. The van der Waals surface area contributed by atoms with Gasteiger partial charge in [-0.15, -0.1) is 15.3 Å². The first-order chi connectivity index (χ1) is 16.3. The van der Waals surface area contributed by atoms with Gasteiger partial charge in [-0.05, 0) is 49.4 Å². The smallest absolute Gasteiger partial charge is 0.264 e. The number of aromatic hydroxyl groups is 1. The zero-order valence-corrected chi connectivity index (χ0v) is 19.6. The Labute approximate surface area is 201 Å². The number of aromatic nitrogens is 2. The first-order valence-corrected chi connectivity index (χ1v) is 12.1. The molecule has 3 aromatic carbocycles. The van der Waals surface area contributed by atoms with Crippen LogP contribution in [0.4, 0.5) is 22.9 Å². The summed E-state index contributed by atoms with van der Waals surface area (Å²) in [5.74, 6) is -0.361. The summed E-state index contributed by atoms with van der Waals surface area (Å²) in [6.07, 6.45) is 0. The van der Waals surface area contributed by atoms with Crippen LogP contribution in [0.15, 0.2) is 94.0 Å². The Bertz CT molecular complexity index is 1440. The molecule has 0 saturated carbocycles. The second-order valence-corrected chi connectivity index (χ2v) is 9.39. The molecule has 1 heterocycles. The Morgan fingerprint density at radius 3 is 2.32 bits per heavy atom. The van der Waals surface area contributed by atoms with Gasteiger partial charge in [0.25, 0.3) is 10.0 Å². The van der Waals surface area contributed by atoms with Crippen LogP contribution in [0.1, 0.15) is 6.92 Å². The van der Waals surface area contributed by atoms with E-state index in [1.54, 1.807) is 55.5 Å². The van der Waals surface area contributed by atoms with Crippen molar-refractivity contribution in [3.8, 4) is 11.6 Å². The number of nitrogens with zero attached hydrogens (tertiary/aromatic N) is 5. The molecule has 0 aliphatic rings. The van der Waals surface area contributed by atoms with Crippen molar-refractivity contribution in [2.24, 2.45) is 10.2 Å². The van der Waals surface area contributed by atoms with Crippen LogP contribution >= 0.6 is 11.6 Å². The summed E-state index contributed by atoms with van der Waals surface area (Å²) in [4.78, 5) is -0.00581. The van der Waals surface area contributed by atoms with E-state index >= 15 is 0 Å². The predicted molar refractivity (Wildman–Crippen MR) is 132 cm³/mol. The highest BCUT2D eigenvalue weighted by Crippen LogP contribution is 2.37. The highest BCUT2D eigenvalue weighted by Gasteiger charge is 2.24. The van der Waals surface area contributed by atoms with Gasteiger partial charge in [-0.3, -0.25) is 4.31 Å². The minimum atomic E-state index is -3.89. The third-order valence-corrected chi connectivity index (χ3v) is 7.18. The van der Waals surface area contributed by atoms with Gasteiger partial charge in [0.2, 0.25) is 5.88 Å². The number of nitrogens with two attached hydrogens (primary N) is 1. The molecule has 9 nitrogen and oxygen atoms in total. The Hall–Kier alpha value is -3.89. The summed E-state index contributed by atoms with van der Waals surface area (Å²) in [5, 5.41) is 22.9. The lowest BCUT2D eigenvalue weighted by Crippen LogP contribution is -2.30. The van der Waals surface area contributed by atoms with Gasteiger partial charge in [-0.1, -0.05) is 48.0 Å². The highest BCUT2D eigenvalue weighted by atomic mass is 35.5. The van der Waals surface area contributed by atoms with E-state index in [2.05, 4.69) is 15.3 Å². The van der Waals surface area contributed by atoms with Crippen LogP contribution in [0.3, 0.4) is 0 Å². The van der Waals surface area contributed by atoms with Crippen LogP contribution < -0.4 is 10.0 Å². The zero-order chi connectivity index (χ0) is 24.3. The van der Waals surface area contributed by atoms with Crippen LogP contribution in [-0.2, 0) is 10.0 Å². The van der Waals surface area contributed by atoms with Gasteiger partial charge in [-0.25, -0.2) is 8.42 Å². The molecule has 0 aliphatic heterocycles. The largest absolute Gasteiger partial charge is 0.492 e. The molecule has 3 N–H and O–H groups in total. The number of azo groups is 1. The molecule has 1 aromatic heterocycles. The molecule has 0 aliphatic carbocycles. The molecule has 0 saturated heterocycles. The molecule has 4 aromatic rings. The standard InChI is InChI=1S/C23H21ClN6O3S/c1-2-29(16-9-5-3-6-10-16)34(32,33)18-13-14-19(24)20(15-18)26-27-21-22(25)28-30(23(21)31)17-11-7-4-8-12-17/h3-15,31H,2H2,1H3,(H2,25,28)/b27-26+. The van der Waals surface area contributed by atoms with Gasteiger partial charge in [0, 0.05) is 6.54 Å². The summed E-state index contributed by atoms with van der Waals surface area (Å²) in [7, 11) is -3.89. The lowest BCUT2D eigenvalue weighted by atomic mass is 10.3. The Balaban J connectivity index is 1.70. The number of halogens is 1. The number of rotatable bonds is 7. The molecule has 4 rings (SSSR count). The van der Waals surface area contributed by atoms with Gasteiger partial charge < -0.3 is 10.8 Å². The molecule has 0 bridgehead atoms. The fraction of sp³-hybridized carbons (Fsp3) is 0.0870. The van der Waals surface area contributed by atoms with Gasteiger partial charge >= 0.3 is 0 Å². The number of hydrogen-bond donors (Lipinski definition) is 2. The second kappa shape index (κ2) is 9.54. The Morgan fingerprint density at radius 1 is 1.03 bits per heavy atom. The average Bonchev–Trinajstić information content (AvgIpc) is 3.13. The molecule has 174 valence electrons. The summed E-state index contributed by atoms with van der Waals surface area (Å²) >= 11 is 6.25. The lowest BCUT2D eigenvalue weighted by molar-refractivity contribution is 0.434. The summed E-state index contributed by atoms with van der Waals surface area (Å²) < 4.78 is 29.1. The average molecular weight is 497 g/mol. The number of nitrogen functional groups attached to an aromatic ring is 1. The SMILES string of the molecule is CCN(c1ccccc1)S(=O)(=O)c1ccc(Cl)c(/N=N/c2c(N)nn(-c3ccccc3)c2O)c1. The van der Waals surface area contributed by atoms with Crippen molar-refractivity contribution in [2.45, 2.75) is 11.8 Å². The minimum Gasteiger partial charge on any atom is -0.492 e. The fourth-order valence-corrected chi connectivity index (χ4v) is 4.96. The van der Waals surface area contributed by atoms with Crippen molar-refractivity contribution in [3.63, 3.8) is 0 Å². The molecule has 0 amide bonds. The summed E-state index contributed by atoms with van der Waals surface area (Å²) in [6.45, 7) is 1.98. The van der Waals surface area contributed by atoms with Gasteiger partial charge in [-0.2, -0.15) is 4.68 Å². The minimum absolute atomic E-state index is 0.00581. The first-order valence-electron chi connectivity index (χ1n) is 10.2. The Morgan fingerprint density at radius 2 is 1.68 bits per heavy atom. The quantitative estimate of drug-likeness (QED) is 0.329. The second-order valence-electron chi connectivity index (χ2n) is 7.12. The normalized spacial score (nSPS) is 11.7. The molecule has 11 heteroatoms. The first kappa shape index (κ1) is 23.3. The van der Waals surface area contributed by atoms with E-state index < -0.39 is 10.0 Å². The molecular weight excluding hydrogens is 476 g/mol. The highest BCUT2D eigenvalue weighted by molar-refractivity contribution is 7.92. The van der Waals surface area contributed by atoms with Crippen molar-refractivity contribution in [1.29, 1.82) is 0 Å². The van der Waals surface area contributed by atoms with E-state index in [1.165, 1.54) is 27.2 Å². The van der Waals surface area contributed by atoms with E-state index in [0.29, 0.717) is 11.4 Å². The Kier molecular flexibility index (Phi) is 6.53.